The first kappa shape index (κ1) is 7.30. The molecule has 0 spiro atoms. The highest BCUT2D eigenvalue weighted by atomic mass is 16.5. The number of aliphatic hydroxyl groups is 1. The number of rotatable bonds is 0. The molecule has 0 amide bonds. The average molecular weight is 170 g/mol. The lowest BCUT2D eigenvalue weighted by molar-refractivity contribution is -0.930. The van der Waals surface area contributed by atoms with Crippen molar-refractivity contribution in [1.82, 2.24) is 0 Å². The Hall–Kier alpha value is -0.120. The van der Waals surface area contributed by atoms with E-state index in [9.17, 15) is 5.11 Å². The number of ether oxygens (including phenoxy) is 1. The maximum Gasteiger partial charge on any atom is 0.141 e. The van der Waals surface area contributed by atoms with Gasteiger partial charge in [0, 0.05) is 12.8 Å². The maximum absolute atomic E-state index is 9.90. The number of aliphatic hydroxyl groups excluding tert-OH is 1. The Morgan fingerprint density at radius 3 is 2.50 bits per heavy atom. The van der Waals surface area contributed by atoms with Crippen LogP contribution in [0.4, 0.5) is 0 Å². The van der Waals surface area contributed by atoms with Crippen LogP contribution < -0.4 is 0 Å². The Morgan fingerprint density at radius 2 is 1.92 bits per heavy atom. The van der Waals surface area contributed by atoms with Gasteiger partial charge in [-0.1, -0.05) is 0 Å². The fourth-order valence-corrected chi connectivity index (χ4v) is 3.42. The van der Waals surface area contributed by atoms with E-state index in [0.29, 0.717) is 18.2 Å². The molecule has 4 bridgehead atoms. The van der Waals surface area contributed by atoms with Crippen molar-refractivity contribution in [3.63, 3.8) is 0 Å². The molecule has 0 aromatic rings. The molecule has 3 nitrogen and oxygen atoms in total. The molecule has 4 heterocycles. The summed E-state index contributed by atoms with van der Waals surface area (Å²) in [6.07, 6.45) is 2.61. The van der Waals surface area contributed by atoms with Crippen LogP contribution in [-0.4, -0.2) is 54.1 Å². The molecule has 4 saturated heterocycles. The van der Waals surface area contributed by atoms with Crippen molar-refractivity contribution in [2.45, 2.75) is 43.2 Å². The quantitative estimate of drug-likeness (QED) is 0.507. The number of likely N-dealkylation sites (N-methyl/N-ethyl adjacent to an activating group) is 1. The van der Waals surface area contributed by atoms with E-state index in [1.807, 2.05) is 0 Å². The molecule has 0 aliphatic carbocycles. The van der Waals surface area contributed by atoms with Gasteiger partial charge in [0.25, 0.3) is 0 Å². The van der Waals surface area contributed by atoms with E-state index in [1.54, 1.807) is 0 Å². The van der Waals surface area contributed by atoms with Crippen LogP contribution >= 0.6 is 0 Å². The largest absolute Gasteiger partial charge is 0.384 e. The number of quaternary nitrogens is 1. The molecular formula is C9H16NO2+. The van der Waals surface area contributed by atoms with E-state index < -0.39 is 0 Å². The Balaban J connectivity index is 2.06. The van der Waals surface area contributed by atoms with Crippen LogP contribution in [-0.2, 0) is 4.74 Å². The number of hydrogen-bond donors (Lipinski definition) is 1. The van der Waals surface area contributed by atoms with Gasteiger partial charge in [-0.05, 0) is 0 Å². The number of hydrogen-bond acceptors (Lipinski definition) is 2. The third kappa shape index (κ3) is 0.605. The van der Waals surface area contributed by atoms with E-state index >= 15 is 0 Å². The van der Waals surface area contributed by atoms with Crippen LogP contribution in [0.1, 0.15) is 12.8 Å². The van der Waals surface area contributed by atoms with E-state index in [0.717, 1.165) is 17.3 Å². The van der Waals surface area contributed by atoms with Gasteiger partial charge in [-0.25, -0.2) is 0 Å². The smallest absolute Gasteiger partial charge is 0.141 e. The van der Waals surface area contributed by atoms with Crippen LogP contribution in [0.25, 0.3) is 0 Å². The average Bonchev–Trinajstić information content (AvgIpc) is 2.39. The lowest BCUT2D eigenvalue weighted by Crippen LogP contribution is -2.56. The molecule has 4 rings (SSSR count). The van der Waals surface area contributed by atoms with E-state index in [-0.39, 0.29) is 12.2 Å². The molecule has 4 aliphatic rings. The molecular weight excluding hydrogens is 154 g/mol. The summed E-state index contributed by atoms with van der Waals surface area (Å²) in [5, 5.41) is 9.90. The van der Waals surface area contributed by atoms with Crippen molar-refractivity contribution in [1.29, 1.82) is 0 Å². The van der Waals surface area contributed by atoms with E-state index in [2.05, 4.69) is 14.1 Å². The second-order valence-electron chi connectivity index (χ2n) is 4.95. The van der Waals surface area contributed by atoms with Crippen molar-refractivity contribution < 1.29 is 14.3 Å². The monoisotopic (exact) mass is 170 g/mol. The summed E-state index contributed by atoms with van der Waals surface area (Å²) in [7, 11) is 4.45. The van der Waals surface area contributed by atoms with Crippen LogP contribution in [0, 0.1) is 0 Å². The normalized spacial score (nSPS) is 59.8. The summed E-state index contributed by atoms with van der Waals surface area (Å²) in [6.45, 7) is 0. The highest BCUT2D eigenvalue weighted by Gasteiger charge is 2.66. The summed E-state index contributed by atoms with van der Waals surface area (Å²) in [6, 6.07) is 0.997. The minimum atomic E-state index is -0.205. The van der Waals surface area contributed by atoms with Crippen molar-refractivity contribution in [2.75, 3.05) is 14.1 Å². The molecule has 0 aromatic carbocycles. The van der Waals surface area contributed by atoms with Gasteiger partial charge >= 0.3 is 0 Å². The Morgan fingerprint density at radius 1 is 1.25 bits per heavy atom. The van der Waals surface area contributed by atoms with E-state index in [4.69, 9.17) is 4.74 Å². The molecule has 12 heavy (non-hydrogen) atoms. The zero-order valence-corrected chi connectivity index (χ0v) is 7.60. The molecule has 0 radical (unpaired) electrons. The van der Waals surface area contributed by atoms with Gasteiger partial charge in [0.1, 0.15) is 24.3 Å². The second kappa shape index (κ2) is 1.86. The summed E-state index contributed by atoms with van der Waals surface area (Å²) < 4.78 is 6.71. The predicted molar refractivity (Wildman–Crippen MR) is 43.6 cm³/mol. The maximum atomic E-state index is 9.90. The van der Waals surface area contributed by atoms with Crippen LogP contribution in [0.15, 0.2) is 0 Å². The molecule has 4 unspecified atom stereocenters. The molecule has 68 valence electrons. The van der Waals surface area contributed by atoms with Crippen molar-refractivity contribution in [3.8, 4) is 0 Å². The SMILES string of the molecule is C[N+]1(C)C2C[C@H]3CC1C(O3)C2O. The first-order valence-corrected chi connectivity index (χ1v) is 4.77. The number of nitrogens with zero attached hydrogens (tertiary/aromatic N) is 1. The fourth-order valence-electron chi connectivity index (χ4n) is 3.42. The van der Waals surface area contributed by atoms with Gasteiger partial charge in [-0.2, -0.15) is 0 Å². The second-order valence-corrected chi connectivity index (χ2v) is 4.95. The summed E-state index contributed by atoms with van der Waals surface area (Å²) in [5.41, 5.74) is 0. The Bertz CT molecular complexity index is 225. The standard InChI is InChI=1S/C9H16NO2/c1-10(2)6-3-5-4-7(10)9(12-5)8(6)11/h5-9,11H,3-4H2,1-2H3/q+1/t5-,6?,7?,8?,9?/m0/s1. The van der Waals surface area contributed by atoms with Crippen LogP contribution in [0.2, 0.25) is 0 Å². The highest BCUT2D eigenvalue weighted by molar-refractivity contribution is 5.04. The topological polar surface area (TPSA) is 29.5 Å². The predicted octanol–water partition coefficient (Wildman–Crippen LogP) is -0.264. The van der Waals surface area contributed by atoms with Crippen molar-refractivity contribution in [2.24, 2.45) is 0 Å². The van der Waals surface area contributed by atoms with Crippen molar-refractivity contribution >= 4 is 0 Å². The van der Waals surface area contributed by atoms with Crippen LogP contribution in [0.3, 0.4) is 0 Å². The summed E-state index contributed by atoms with van der Waals surface area (Å²) >= 11 is 0. The lowest BCUT2D eigenvalue weighted by Gasteiger charge is -2.41. The third-order valence-corrected chi connectivity index (χ3v) is 4.18. The minimum Gasteiger partial charge on any atom is -0.384 e. The Labute approximate surface area is 72.5 Å². The summed E-state index contributed by atoms with van der Waals surface area (Å²) in [4.78, 5) is 0. The molecule has 1 N–H and O–H groups in total. The van der Waals surface area contributed by atoms with Gasteiger partial charge in [0.15, 0.2) is 0 Å². The van der Waals surface area contributed by atoms with E-state index in [1.165, 1.54) is 0 Å². The molecule has 5 atom stereocenters. The van der Waals surface area contributed by atoms with Gasteiger partial charge < -0.3 is 14.3 Å². The van der Waals surface area contributed by atoms with Gasteiger partial charge in [0.05, 0.1) is 20.2 Å². The first-order valence-electron chi connectivity index (χ1n) is 4.77. The minimum absolute atomic E-state index is 0.142. The van der Waals surface area contributed by atoms with Gasteiger partial charge in [0.2, 0.25) is 0 Å². The van der Waals surface area contributed by atoms with Crippen molar-refractivity contribution in [3.05, 3.63) is 0 Å². The summed E-state index contributed by atoms with van der Waals surface area (Å²) in [5.74, 6) is 0. The zero-order valence-electron chi connectivity index (χ0n) is 7.60. The van der Waals surface area contributed by atoms with Crippen LogP contribution in [0.5, 0.6) is 0 Å². The lowest BCUT2D eigenvalue weighted by atomic mass is 9.98. The fraction of sp³-hybridized carbons (Fsp3) is 1.00. The molecule has 0 saturated carbocycles. The highest BCUT2D eigenvalue weighted by Crippen LogP contribution is 2.48. The molecule has 3 heteroatoms. The van der Waals surface area contributed by atoms with Gasteiger partial charge in [-0.3, -0.25) is 0 Å². The molecule has 0 aromatic heterocycles. The molecule has 4 fully saturated rings. The molecule has 4 aliphatic heterocycles. The number of piperidine rings is 1. The van der Waals surface area contributed by atoms with Gasteiger partial charge in [-0.15, -0.1) is 0 Å². The first-order chi connectivity index (χ1) is 5.60. The Kier molecular flexibility index (Phi) is 1.13. The third-order valence-electron chi connectivity index (χ3n) is 4.18. The zero-order chi connectivity index (χ0) is 8.51.